The maximum absolute atomic E-state index is 12.8. The second-order valence-electron chi connectivity index (χ2n) is 7.68. The highest BCUT2D eigenvalue weighted by molar-refractivity contribution is 6.07. The summed E-state index contributed by atoms with van der Waals surface area (Å²) in [5.74, 6) is -0.0990. The average Bonchev–Trinajstić information content (AvgIpc) is 3.27. The average molecular weight is 385 g/mol. The number of hydrogen-bond donors (Lipinski definition) is 1. The monoisotopic (exact) mass is 385 g/mol. The normalized spacial score (nSPS) is 16.9. The highest BCUT2D eigenvalue weighted by atomic mass is 16.5. The number of esters is 1. The molecule has 8 heteroatoms. The van der Waals surface area contributed by atoms with Gasteiger partial charge in [0.1, 0.15) is 11.8 Å². The molecule has 1 aliphatic rings. The summed E-state index contributed by atoms with van der Waals surface area (Å²) in [5.41, 5.74) is 0.547. The Kier molecular flexibility index (Phi) is 5.22. The van der Waals surface area contributed by atoms with Crippen molar-refractivity contribution < 1.29 is 23.6 Å². The molecular formula is C20H23N3O5. The standard InChI is InChI=1S/C20H23N3O5/c1-20(2,3)15-11-16(22-28-15)21-18(25)14-8-9-17(24)23(14)13-7-5-6-12(10-13)19(26)27-4/h5-7,10-11,14H,8-9H2,1-4H3,(H,21,22,25). The molecule has 8 nitrogen and oxygen atoms in total. The van der Waals surface area contributed by atoms with E-state index in [9.17, 15) is 14.4 Å². The van der Waals surface area contributed by atoms with Crippen molar-refractivity contribution in [3.05, 3.63) is 41.7 Å². The van der Waals surface area contributed by atoms with E-state index in [-0.39, 0.29) is 23.7 Å². The second kappa shape index (κ2) is 7.46. The molecule has 1 atom stereocenters. The fourth-order valence-electron chi connectivity index (χ4n) is 3.05. The zero-order valence-electron chi connectivity index (χ0n) is 16.3. The number of ether oxygens (including phenoxy) is 1. The first-order valence-corrected chi connectivity index (χ1v) is 8.99. The lowest BCUT2D eigenvalue weighted by atomic mass is 9.93. The Labute approximate surface area is 162 Å². The number of nitrogens with zero attached hydrogens (tertiary/aromatic N) is 2. The number of carbonyl (C=O) groups excluding carboxylic acids is 3. The molecule has 0 spiro atoms. The van der Waals surface area contributed by atoms with Crippen LogP contribution in [-0.2, 0) is 19.7 Å². The van der Waals surface area contributed by atoms with Crippen molar-refractivity contribution in [3.8, 4) is 0 Å². The maximum Gasteiger partial charge on any atom is 0.337 e. The van der Waals surface area contributed by atoms with Gasteiger partial charge in [0.15, 0.2) is 5.82 Å². The van der Waals surface area contributed by atoms with Gasteiger partial charge in [-0.1, -0.05) is 32.0 Å². The molecule has 0 saturated carbocycles. The zero-order valence-corrected chi connectivity index (χ0v) is 16.3. The van der Waals surface area contributed by atoms with Crippen molar-refractivity contribution in [2.24, 2.45) is 0 Å². The summed E-state index contributed by atoms with van der Waals surface area (Å²) in [6, 6.07) is 7.45. The van der Waals surface area contributed by atoms with Crippen molar-refractivity contribution in [1.82, 2.24) is 5.16 Å². The van der Waals surface area contributed by atoms with Crippen LogP contribution in [0.2, 0.25) is 0 Å². The third-order valence-electron chi connectivity index (χ3n) is 4.56. The third-order valence-corrected chi connectivity index (χ3v) is 4.56. The number of amides is 2. The van der Waals surface area contributed by atoms with Crippen LogP contribution in [0.25, 0.3) is 0 Å². The maximum atomic E-state index is 12.8. The largest absolute Gasteiger partial charge is 0.465 e. The van der Waals surface area contributed by atoms with Crippen LogP contribution < -0.4 is 10.2 Å². The first-order chi connectivity index (χ1) is 13.2. The molecule has 2 aromatic rings. The predicted octanol–water partition coefficient (Wildman–Crippen LogP) is 2.89. The fraction of sp³-hybridized carbons (Fsp3) is 0.400. The van der Waals surface area contributed by atoms with Crippen LogP contribution in [0.5, 0.6) is 0 Å². The molecule has 1 aromatic heterocycles. The number of rotatable bonds is 4. The van der Waals surface area contributed by atoms with Crippen molar-refractivity contribution >= 4 is 29.3 Å². The summed E-state index contributed by atoms with van der Waals surface area (Å²) in [7, 11) is 1.29. The van der Waals surface area contributed by atoms with Gasteiger partial charge in [0.25, 0.3) is 0 Å². The van der Waals surface area contributed by atoms with Gasteiger partial charge in [-0.2, -0.15) is 0 Å². The number of aromatic nitrogens is 1. The topological polar surface area (TPSA) is 102 Å². The van der Waals surface area contributed by atoms with Gasteiger partial charge >= 0.3 is 5.97 Å². The Hall–Kier alpha value is -3.16. The lowest BCUT2D eigenvalue weighted by Crippen LogP contribution is -2.41. The van der Waals surface area contributed by atoms with E-state index in [1.165, 1.54) is 12.0 Å². The van der Waals surface area contributed by atoms with Crippen LogP contribution in [0, 0.1) is 0 Å². The number of anilines is 2. The highest BCUT2D eigenvalue weighted by Gasteiger charge is 2.37. The molecule has 1 N–H and O–H groups in total. The summed E-state index contributed by atoms with van der Waals surface area (Å²) in [6.07, 6.45) is 0.615. The molecule has 1 aliphatic heterocycles. The minimum absolute atomic E-state index is 0.183. The fourth-order valence-corrected chi connectivity index (χ4v) is 3.05. The van der Waals surface area contributed by atoms with E-state index in [1.54, 1.807) is 30.3 Å². The first kappa shape index (κ1) is 19.6. The molecule has 1 fully saturated rings. The SMILES string of the molecule is COC(=O)c1cccc(N2C(=O)CCC2C(=O)Nc2cc(C(C)(C)C)on2)c1. The molecule has 0 bridgehead atoms. The summed E-state index contributed by atoms with van der Waals surface area (Å²) in [4.78, 5) is 38.4. The summed E-state index contributed by atoms with van der Waals surface area (Å²) >= 11 is 0. The molecule has 0 radical (unpaired) electrons. The highest BCUT2D eigenvalue weighted by Crippen LogP contribution is 2.29. The van der Waals surface area contributed by atoms with Gasteiger partial charge in [0.2, 0.25) is 11.8 Å². The molecule has 0 aliphatic carbocycles. The summed E-state index contributed by atoms with van der Waals surface area (Å²) < 4.78 is 10.0. The van der Waals surface area contributed by atoms with Crippen LogP contribution in [0.3, 0.4) is 0 Å². The van der Waals surface area contributed by atoms with Crippen LogP contribution >= 0.6 is 0 Å². The van der Waals surface area contributed by atoms with E-state index in [1.807, 2.05) is 20.8 Å². The molecule has 2 amide bonds. The van der Waals surface area contributed by atoms with Crippen LogP contribution in [-0.4, -0.2) is 36.1 Å². The molecular weight excluding hydrogens is 362 g/mol. The van der Waals surface area contributed by atoms with E-state index in [2.05, 4.69) is 10.5 Å². The minimum atomic E-state index is -0.699. The number of hydrogen-bond acceptors (Lipinski definition) is 6. The first-order valence-electron chi connectivity index (χ1n) is 8.99. The van der Waals surface area contributed by atoms with Crippen LogP contribution in [0.1, 0.15) is 49.7 Å². The molecule has 3 rings (SSSR count). The Balaban J connectivity index is 1.81. The van der Waals surface area contributed by atoms with E-state index in [0.717, 1.165) is 0 Å². The van der Waals surface area contributed by atoms with Gasteiger partial charge < -0.3 is 14.6 Å². The van der Waals surface area contributed by atoms with Gasteiger partial charge in [-0.05, 0) is 24.6 Å². The van der Waals surface area contributed by atoms with Gasteiger partial charge in [-0.25, -0.2) is 4.79 Å². The number of carbonyl (C=O) groups is 3. The summed E-state index contributed by atoms with van der Waals surface area (Å²) in [5, 5.41) is 6.60. The smallest absolute Gasteiger partial charge is 0.337 e. The lowest BCUT2D eigenvalue weighted by molar-refractivity contribution is -0.120. The van der Waals surface area contributed by atoms with Crippen LogP contribution in [0.15, 0.2) is 34.9 Å². The quantitative estimate of drug-likeness (QED) is 0.812. The number of benzene rings is 1. The summed E-state index contributed by atoms with van der Waals surface area (Å²) in [6.45, 7) is 5.93. The van der Waals surface area contributed by atoms with Crippen molar-refractivity contribution in [3.63, 3.8) is 0 Å². The third kappa shape index (κ3) is 3.90. The van der Waals surface area contributed by atoms with E-state index < -0.39 is 12.0 Å². The Morgan fingerprint density at radius 3 is 2.68 bits per heavy atom. The molecule has 1 saturated heterocycles. The predicted molar refractivity (Wildman–Crippen MR) is 102 cm³/mol. The van der Waals surface area contributed by atoms with Crippen LogP contribution in [0.4, 0.5) is 11.5 Å². The molecule has 2 heterocycles. The van der Waals surface area contributed by atoms with E-state index in [4.69, 9.17) is 9.26 Å². The van der Waals surface area contributed by atoms with E-state index >= 15 is 0 Å². The lowest BCUT2D eigenvalue weighted by Gasteiger charge is -2.24. The molecule has 1 aromatic carbocycles. The van der Waals surface area contributed by atoms with Gasteiger partial charge in [0, 0.05) is 23.6 Å². The minimum Gasteiger partial charge on any atom is -0.465 e. The molecule has 28 heavy (non-hydrogen) atoms. The second-order valence-corrected chi connectivity index (χ2v) is 7.68. The molecule has 148 valence electrons. The van der Waals surface area contributed by atoms with Gasteiger partial charge in [-0.3, -0.25) is 14.5 Å². The van der Waals surface area contributed by atoms with Gasteiger partial charge in [-0.15, -0.1) is 0 Å². The zero-order chi connectivity index (χ0) is 20.5. The molecule has 1 unspecified atom stereocenters. The van der Waals surface area contributed by atoms with Crippen molar-refractivity contribution in [2.45, 2.75) is 45.1 Å². The van der Waals surface area contributed by atoms with Crippen molar-refractivity contribution in [2.75, 3.05) is 17.3 Å². The van der Waals surface area contributed by atoms with Gasteiger partial charge in [0.05, 0.1) is 12.7 Å². The number of nitrogens with one attached hydrogen (secondary N) is 1. The Morgan fingerprint density at radius 2 is 2.04 bits per heavy atom. The Bertz CT molecular complexity index is 913. The number of methoxy groups -OCH3 is 1. The van der Waals surface area contributed by atoms with Crippen molar-refractivity contribution in [1.29, 1.82) is 0 Å². The Morgan fingerprint density at radius 1 is 1.29 bits per heavy atom. The van der Waals surface area contributed by atoms with E-state index in [0.29, 0.717) is 29.2 Å².